The number of hydrogen-bond acceptors (Lipinski definition) is 4. The van der Waals surface area contributed by atoms with Crippen molar-refractivity contribution in [3.8, 4) is 0 Å². The first-order valence-electron chi connectivity index (χ1n) is 6.14. The monoisotopic (exact) mass is 283 g/mol. The molecule has 1 aliphatic heterocycles. The molecule has 1 saturated heterocycles. The van der Waals surface area contributed by atoms with Gasteiger partial charge in [0.1, 0.15) is 5.69 Å². The van der Waals surface area contributed by atoms with E-state index in [1.165, 1.54) is 10.6 Å². The minimum absolute atomic E-state index is 0.155. The SMILES string of the molecule is CS(=O)(=O)N1CCC[C@H](NC(=O)c2ccccn2)C1. The van der Waals surface area contributed by atoms with E-state index in [0.29, 0.717) is 18.8 Å². The summed E-state index contributed by atoms with van der Waals surface area (Å²) in [6.45, 7) is 0.853. The highest BCUT2D eigenvalue weighted by atomic mass is 32.2. The number of carbonyl (C=O) groups is 1. The number of nitrogens with one attached hydrogen (secondary N) is 1. The lowest BCUT2D eigenvalue weighted by Gasteiger charge is -2.31. The Balaban J connectivity index is 1.98. The first-order chi connectivity index (χ1) is 8.97. The van der Waals surface area contributed by atoms with Gasteiger partial charge >= 0.3 is 0 Å². The van der Waals surface area contributed by atoms with Crippen molar-refractivity contribution in [3.63, 3.8) is 0 Å². The summed E-state index contributed by atoms with van der Waals surface area (Å²) in [6, 6.07) is 4.96. The van der Waals surface area contributed by atoms with Crippen LogP contribution in [0, 0.1) is 0 Å². The molecule has 1 fully saturated rings. The van der Waals surface area contributed by atoms with E-state index >= 15 is 0 Å². The van der Waals surface area contributed by atoms with Gasteiger partial charge < -0.3 is 5.32 Å². The molecule has 6 nitrogen and oxygen atoms in total. The van der Waals surface area contributed by atoms with Gasteiger partial charge in [0.2, 0.25) is 10.0 Å². The maximum absolute atomic E-state index is 11.9. The van der Waals surface area contributed by atoms with Crippen molar-refractivity contribution >= 4 is 15.9 Å². The van der Waals surface area contributed by atoms with Crippen LogP contribution in [-0.2, 0) is 10.0 Å². The molecule has 2 rings (SSSR count). The summed E-state index contributed by atoms with van der Waals surface area (Å²) in [4.78, 5) is 15.9. The summed E-state index contributed by atoms with van der Waals surface area (Å²) in [5, 5.41) is 2.83. The van der Waals surface area contributed by atoms with Gasteiger partial charge in [0.25, 0.3) is 5.91 Å². The summed E-state index contributed by atoms with van der Waals surface area (Å²) >= 11 is 0. The molecule has 0 unspecified atom stereocenters. The number of rotatable bonds is 3. The van der Waals surface area contributed by atoms with Crippen molar-refractivity contribution in [1.82, 2.24) is 14.6 Å². The highest BCUT2D eigenvalue weighted by Gasteiger charge is 2.27. The Labute approximate surface area is 112 Å². The fourth-order valence-electron chi connectivity index (χ4n) is 2.12. The highest BCUT2D eigenvalue weighted by molar-refractivity contribution is 7.88. The molecule has 1 aliphatic rings. The van der Waals surface area contributed by atoms with Crippen LogP contribution < -0.4 is 5.32 Å². The van der Waals surface area contributed by atoms with Crippen molar-refractivity contribution in [3.05, 3.63) is 30.1 Å². The van der Waals surface area contributed by atoms with E-state index in [-0.39, 0.29) is 11.9 Å². The van der Waals surface area contributed by atoms with Crippen LogP contribution in [0.2, 0.25) is 0 Å². The van der Waals surface area contributed by atoms with Gasteiger partial charge in [-0.1, -0.05) is 6.07 Å². The number of hydrogen-bond donors (Lipinski definition) is 1. The lowest BCUT2D eigenvalue weighted by Crippen LogP contribution is -2.49. The smallest absolute Gasteiger partial charge is 0.270 e. The van der Waals surface area contributed by atoms with Gasteiger partial charge in [0, 0.05) is 25.3 Å². The maximum atomic E-state index is 11.9. The first kappa shape index (κ1) is 14.0. The van der Waals surface area contributed by atoms with Crippen molar-refractivity contribution in [2.24, 2.45) is 0 Å². The first-order valence-corrected chi connectivity index (χ1v) is 7.98. The Bertz CT molecular complexity index is 545. The molecule has 0 bridgehead atoms. The molecule has 2 heterocycles. The third-order valence-corrected chi connectivity index (χ3v) is 4.36. The lowest BCUT2D eigenvalue weighted by molar-refractivity contribution is 0.0916. The van der Waals surface area contributed by atoms with Gasteiger partial charge in [0.15, 0.2) is 0 Å². The average Bonchev–Trinajstić information content (AvgIpc) is 2.39. The number of aromatic nitrogens is 1. The second-order valence-electron chi connectivity index (χ2n) is 4.65. The van der Waals surface area contributed by atoms with Crippen LogP contribution in [0.3, 0.4) is 0 Å². The third-order valence-electron chi connectivity index (χ3n) is 3.09. The zero-order valence-corrected chi connectivity index (χ0v) is 11.6. The third kappa shape index (κ3) is 3.74. The standard InChI is InChI=1S/C12H17N3O3S/c1-19(17,18)15-8-4-5-10(9-15)14-12(16)11-6-2-3-7-13-11/h2-3,6-7,10H,4-5,8-9H2,1H3,(H,14,16)/t10-/m0/s1. The molecule has 1 amide bonds. The van der Waals surface area contributed by atoms with Gasteiger partial charge in [-0.3, -0.25) is 9.78 Å². The van der Waals surface area contributed by atoms with Crippen molar-refractivity contribution in [1.29, 1.82) is 0 Å². The van der Waals surface area contributed by atoms with Crippen LogP contribution in [-0.4, -0.2) is 49.0 Å². The molecule has 1 aromatic rings. The van der Waals surface area contributed by atoms with Crippen LogP contribution in [0.5, 0.6) is 0 Å². The molecule has 19 heavy (non-hydrogen) atoms. The van der Waals surface area contributed by atoms with Crippen molar-refractivity contribution in [2.45, 2.75) is 18.9 Å². The summed E-state index contributed by atoms with van der Waals surface area (Å²) < 4.78 is 24.4. The molecule has 0 aromatic carbocycles. The summed E-state index contributed by atoms with van der Waals surface area (Å²) in [7, 11) is -3.19. The topological polar surface area (TPSA) is 79.4 Å². The molecule has 0 spiro atoms. The van der Waals surface area contributed by atoms with Crippen LogP contribution in [0.25, 0.3) is 0 Å². The van der Waals surface area contributed by atoms with E-state index in [2.05, 4.69) is 10.3 Å². The van der Waals surface area contributed by atoms with E-state index in [9.17, 15) is 13.2 Å². The van der Waals surface area contributed by atoms with Crippen LogP contribution in [0.1, 0.15) is 23.3 Å². The van der Waals surface area contributed by atoms with Crippen LogP contribution >= 0.6 is 0 Å². The number of nitrogens with zero attached hydrogens (tertiary/aromatic N) is 2. The van der Waals surface area contributed by atoms with Crippen LogP contribution in [0.15, 0.2) is 24.4 Å². The average molecular weight is 283 g/mol. The summed E-state index contributed by atoms with van der Waals surface area (Å²) in [5.41, 5.74) is 0.346. The number of pyridine rings is 1. The molecule has 1 N–H and O–H groups in total. The molecule has 0 aliphatic carbocycles. The Kier molecular flexibility index (Phi) is 4.16. The molecule has 0 radical (unpaired) electrons. The van der Waals surface area contributed by atoms with E-state index in [4.69, 9.17) is 0 Å². The van der Waals surface area contributed by atoms with Crippen molar-refractivity contribution in [2.75, 3.05) is 19.3 Å². The van der Waals surface area contributed by atoms with Gasteiger partial charge in [-0.25, -0.2) is 12.7 Å². The number of amides is 1. The maximum Gasteiger partial charge on any atom is 0.270 e. The van der Waals surface area contributed by atoms with Gasteiger partial charge in [-0.15, -0.1) is 0 Å². The molecule has 1 atom stereocenters. The lowest BCUT2D eigenvalue weighted by atomic mass is 10.1. The van der Waals surface area contributed by atoms with E-state index in [1.807, 2.05) is 0 Å². The van der Waals surface area contributed by atoms with Crippen LogP contribution in [0.4, 0.5) is 0 Å². The Morgan fingerprint density at radius 1 is 1.47 bits per heavy atom. The Morgan fingerprint density at radius 3 is 2.89 bits per heavy atom. The predicted octanol–water partition coefficient (Wildman–Crippen LogP) is 0.235. The molecule has 7 heteroatoms. The van der Waals surface area contributed by atoms with Gasteiger partial charge in [-0.05, 0) is 25.0 Å². The fourth-order valence-corrected chi connectivity index (χ4v) is 3.03. The molecule has 1 aromatic heterocycles. The summed E-state index contributed by atoms with van der Waals surface area (Å²) in [5.74, 6) is -0.263. The minimum Gasteiger partial charge on any atom is -0.347 e. The Morgan fingerprint density at radius 2 is 2.26 bits per heavy atom. The quantitative estimate of drug-likeness (QED) is 0.861. The van der Waals surface area contributed by atoms with E-state index in [1.54, 1.807) is 24.4 Å². The zero-order valence-electron chi connectivity index (χ0n) is 10.7. The molecule has 104 valence electrons. The van der Waals surface area contributed by atoms with E-state index in [0.717, 1.165) is 12.8 Å². The molecular formula is C12H17N3O3S. The Hall–Kier alpha value is -1.47. The fraction of sp³-hybridized carbons (Fsp3) is 0.500. The normalized spacial score (nSPS) is 21.0. The van der Waals surface area contributed by atoms with Crippen molar-refractivity contribution < 1.29 is 13.2 Å². The predicted molar refractivity (Wildman–Crippen MR) is 71.1 cm³/mol. The van der Waals surface area contributed by atoms with E-state index < -0.39 is 10.0 Å². The minimum atomic E-state index is -3.19. The molecular weight excluding hydrogens is 266 g/mol. The zero-order chi connectivity index (χ0) is 13.9. The largest absolute Gasteiger partial charge is 0.347 e. The highest BCUT2D eigenvalue weighted by Crippen LogP contribution is 2.13. The van der Waals surface area contributed by atoms with Gasteiger partial charge in [-0.2, -0.15) is 0 Å². The number of piperidine rings is 1. The number of carbonyl (C=O) groups excluding carboxylic acids is 1. The molecule has 0 saturated carbocycles. The second-order valence-corrected chi connectivity index (χ2v) is 6.63. The second kappa shape index (κ2) is 5.66. The van der Waals surface area contributed by atoms with Gasteiger partial charge in [0.05, 0.1) is 6.26 Å². The summed E-state index contributed by atoms with van der Waals surface area (Å²) in [6.07, 6.45) is 4.28. The number of sulfonamides is 1.